The van der Waals surface area contributed by atoms with Crippen molar-refractivity contribution in [2.45, 2.75) is 26.7 Å². The van der Waals surface area contributed by atoms with Crippen LogP contribution in [0.2, 0.25) is 0 Å². The fraction of sp³-hybridized carbons (Fsp3) is 0.667. The van der Waals surface area contributed by atoms with E-state index in [-0.39, 0.29) is 0 Å². The van der Waals surface area contributed by atoms with Crippen molar-refractivity contribution in [3.05, 3.63) is 23.3 Å². The van der Waals surface area contributed by atoms with Gasteiger partial charge in [-0.25, -0.2) is 0 Å². The molecule has 0 spiro atoms. The summed E-state index contributed by atoms with van der Waals surface area (Å²) in [5.41, 5.74) is 3.26. The second-order valence-electron chi connectivity index (χ2n) is 4.20. The largest absolute Gasteiger partial charge is 0.313 e. The molecule has 0 aromatic rings. The van der Waals surface area contributed by atoms with Gasteiger partial charge in [0.15, 0.2) is 0 Å². The predicted molar refractivity (Wildman–Crippen MR) is 56.6 cm³/mol. The molecule has 72 valence electrons. The minimum atomic E-state index is 0.784. The number of rotatable bonds is 1. The summed E-state index contributed by atoms with van der Waals surface area (Å²) in [7, 11) is 0. The molecule has 1 saturated heterocycles. The molecule has 1 nitrogen and oxygen atoms in total. The molecule has 0 bridgehead atoms. The molecule has 0 radical (unpaired) electrons. The van der Waals surface area contributed by atoms with E-state index >= 15 is 0 Å². The molecular formula is C12H19N. The summed E-state index contributed by atoms with van der Waals surface area (Å²) in [5, 5.41) is 3.44. The maximum atomic E-state index is 3.44. The fourth-order valence-electron chi connectivity index (χ4n) is 2.62. The summed E-state index contributed by atoms with van der Waals surface area (Å²) in [6, 6.07) is 0. The van der Waals surface area contributed by atoms with Crippen LogP contribution >= 0.6 is 0 Å². The lowest BCUT2D eigenvalue weighted by Gasteiger charge is -2.35. The van der Waals surface area contributed by atoms with Crippen LogP contribution in [-0.2, 0) is 0 Å². The van der Waals surface area contributed by atoms with Gasteiger partial charge in [0.2, 0.25) is 0 Å². The molecule has 1 heteroatoms. The molecule has 1 heterocycles. The summed E-state index contributed by atoms with van der Waals surface area (Å²) < 4.78 is 0. The smallest absolute Gasteiger partial charge is 0.0170 e. The monoisotopic (exact) mass is 177 g/mol. The van der Waals surface area contributed by atoms with Crippen molar-refractivity contribution in [3.8, 4) is 0 Å². The van der Waals surface area contributed by atoms with Gasteiger partial charge in [-0.2, -0.15) is 0 Å². The number of piperidine rings is 1. The van der Waals surface area contributed by atoms with Crippen molar-refractivity contribution in [2.75, 3.05) is 13.1 Å². The Kier molecular flexibility index (Phi) is 2.54. The number of nitrogens with one attached hydrogen (secondary N) is 1. The van der Waals surface area contributed by atoms with E-state index in [1.807, 2.05) is 0 Å². The Balaban J connectivity index is 2.21. The molecule has 1 aliphatic carbocycles. The average molecular weight is 177 g/mol. The Labute approximate surface area is 80.9 Å². The molecule has 1 aliphatic heterocycles. The summed E-state index contributed by atoms with van der Waals surface area (Å²) in [6.07, 6.45) is 7.22. The highest BCUT2D eigenvalue weighted by atomic mass is 14.9. The van der Waals surface area contributed by atoms with E-state index in [1.54, 1.807) is 11.1 Å². The van der Waals surface area contributed by atoms with Gasteiger partial charge in [0.1, 0.15) is 0 Å². The lowest BCUT2D eigenvalue weighted by atomic mass is 9.74. The van der Waals surface area contributed by atoms with Crippen LogP contribution in [0.1, 0.15) is 26.7 Å². The van der Waals surface area contributed by atoms with Gasteiger partial charge in [-0.15, -0.1) is 0 Å². The normalized spacial score (nSPS) is 33.4. The van der Waals surface area contributed by atoms with Crippen molar-refractivity contribution in [2.24, 2.45) is 11.8 Å². The van der Waals surface area contributed by atoms with Crippen LogP contribution in [-0.4, -0.2) is 13.1 Å². The van der Waals surface area contributed by atoms with E-state index < -0.39 is 0 Å². The van der Waals surface area contributed by atoms with Crippen molar-refractivity contribution in [3.63, 3.8) is 0 Å². The Morgan fingerprint density at radius 2 is 2.31 bits per heavy atom. The first-order chi connectivity index (χ1) is 6.33. The number of hydrogen-bond acceptors (Lipinski definition) is 1. The van der Waals surface area contributed by atoms with Crippen LogP contribution in [0.15, 0.2) is 23.3 Å². The average Bonchev–Trinajstić information content (AvgIpc) is 2.19. The van der Waals surface area contributed by atoms with Crippen molar-refractivity contribution in [1.82, 2.24) is 5.32 Å². The quantitative estimate of drug-likeness (QED) is 0.649. The minimum absolute atomic E-state index is 0.784. The van der Waals surface area contributed by atoms with Gasteiger partial charge in [-0.3, -0.25) is 0 Å². The zero-order valence-electron chi connectivity index (χ0n) is 8.64. The molecule has 0 saturated carbocycles. The molecule has 2 atom stereocenters. The first-order valence-corrected chi connectivity index (χ1v) is 5.43. The molecule has 0 aromatic carbocycles. The standard InChI is InChI=1S/C12H19N/c1-3-10-4-5-11-8-13-7-6-12(11)9(10)2/h4-5,9,12-13H,3,6-8H2,1-2H3. The third-order valence-electron chi connectivity index (χ3n) is 3.55. The molecule has 0 amide bonds. The number of allylic oxidation sites excluding steroid dienone is 3. The molecule has 1 fully saturated rings. The summed E-state index contributed by atoms with van der Waals surface area (Å²) in [4.78, 5) is 0. The van der Waals surface area contributed by atoms with Crippen LogP contribution in [0, 0.1) is 11.8 Å². The molecule has 2 aliphatic rings. The van der Waals surface area contributed by atoms with Gasteiger partial charge < -0.3 is 5.32 Å². The van der Waals surface area contributed by atoms with Gasteiger partial charge in [-0.1, -0.05) is 37.1 Å². The van der Waals surface area contributed by atoms with Gasteiger partial charge in [0.05, 0.1) is 0 Å². The zero-order chi connectivity index (χ0) is 9.26. The van der Waals surface area contributed by atoms with Gasteiger partial charge in [-0.05, 0) is 31.2 Å². The zero-order valence-corrected chi connectivity index (χ0v) is 8.64. The Hall–Kier alpha value is -0.560. The minimum Gasteiger partial charge on any atom is -0.313 e. The lowest BCUT2D eigenvalue weighted by molar-refractivity contribution is 0.371. The lowest BCUT2D eigenvalue weighted by Crippen LogP contribution is -2.35. The van der Waals surface area contributed by atoms with Crippen LogP contribution in [0.3, 0.4) is 0 Å². The first kappa shape index (κ1) is 9.01. The van der Waals surface area contributed by atoms with E-state index in [1.165, 1.54) is 19.4 Å². The van der Waals surface area contributed by atoms with E-state index in [2.05, 4.69) is 31.3 Å². The Bertz CT molecular complexity index is 250. The molecule has 0 aromatic heterocycles. The van der Waals surface area contributed by atoms with E-state index in [0.29, 0.717) is 0 Å². The van der Waals surface area contributed by atoms with Crippen LogP contribution < -0.4 is 5.32 Å². The SMILES string of the molecule is CCC1=CC=C2CNCCC2C1C. The maximum Gasteiger partial charge on any atom is 0.0170 e. The highest BCUT2D eigenvalue weighted by Gasteiger charge is 2.27. The van der Waals surface area contributed by atoms with Crippen LogP contribution in [0.4, 0.5) is 0 Å². The van der Waals surface area contributed by atoms with Crippen molar-refractivity contribution in [1.29, 1.82) is 0 Å². The highest BCUT2D eigenvalue weighted by molar-refractivity contribution is 5.30. The van der Waals surface area contributed by atoms with Gasteiger partial charge in [0.25, 0.3) is 0 Å². The van der Waals surface area contributed by atoms with Crippen LogP contribution in [0.25, 0.3) is 0 Å². The van der Waals surface area contributed by atoms with E-state index in [0.717, 1.165) is 18.4 Å². The molecule has 2 unspecified atom stereocenters. The second-order valence-corrected chi connectivity index (χ2v) is 4.20. The summed E-state index contributed by atoms with van der Waals surface area (Å²) >= 11 is 0. The van der Waals surface area contributed by atoms with Crippen LogP contribution in [0.5, 0.6) is 0 Å². The Morgan fingerprint density at radius 1 is 1.46 bits per heavy atom. The van der Waals surface area contributed by atoms with Gasteiger partial charge in [0, 0.05) is 6.54 Å². The Morgan fingerprint density at radius 3 is 3.08 bits per heavy atom. The third kappa shape index (κ3) is 1.58. The predicted octanol–water partition coefficient (Wildman–Crippen LogP) is 2.51. The molecule has 2 rings (SSSR count). The molecular weight excluding hydrogens is 158 g/mol. The summed E-state index contributed by atoms with van der Waals surface area (Å²) in [6.45, 7) is 6.96. The van der Waals surface area contributed by atoms with E-state index in [9.17, 15) is 0 Å². The first-order valence-electron chi connectivity index (χ1n) is 5.43. The summed E-state index contributed by atoms with van der Waals surface area (Å²) in [5.74, 6) is 1.62. The third-order valence-corrected chi connectivity index (χ3v) is 3.55. The fourth-order valence-corrected chi connectivity index (χ4v) is 2.62. The topological polar surface area (TPSA) is 12.0 Å². The maximum absolute atomic E-state index is 3.44. The second kappa shape index (κ2) is 3.67. The highest BCUT2D eigenvalue weighted by Crippen LogP contribution is 2.35. The van der Waals surface area contributed by atoms with Crippen molar-refractivity contribution < 1.29 is 0 Å². The number of fused-ring (bicyclic) bond motifs is 1. The molecule has 1 N–H and O–H groups in total. The number of hydrogen-bond donors (Lipinski definition) is 1. The van der Waals surface area contributed by atoms with Crippen molar-refractivity contribution >= 4 is 0 Å². The molecule has 13 heavy (non-hydrogen) atoms. The van der Waals surface area contributed by atoms with E-state index in [4.69, 9.17) is 0 Å². The van der Waals surface area contributed by atoms with Gasteiger partial charge >= 0.3 is 0 Å².